The lowest BCUT2D eigenvalue weighted by Gasteiger charge is -1.99. The molecule has 0 saturated carbocycles. The molecule has 2 heterocycles. The van der Waals surface area contributed by atoms with Gasteiger partial charge >= 0.3 is 0 Å². The molecular weight excluding hydrogens is 184 g/mol. The summed E-state index contributed by atoms with van der Waals surface area (Å²) in [4.78, 5) is 25.5. The average molecular weight is 192 g/mol. The van der Waals surface area contributed by atoms with Gasteiger partial charge in [-0.15, -0.1) is 0 Å². The molecule has 72 valence electrons. The number of anilines is 2. The van der Waals surface area contributed by atoms with E-state index in [2.05, 4.69) is 25.3 Å². The quantitative estimate of drug-likeness (QED) is 0.553. The number of hydrogen-bond acceptors (Lipinski definition) is 6. The summed E-state index contributed by atoms with van der Waals surface area (Å²) in [7, 11) is 1.69. The molecule has 0 aliphatic carbocycles. The zero-order chi connectivity index (χ0) is 10.1. The Bertz CT molecular complexity index is 533. The first-order chi connectivity index (χ1) is 6.70. The Kier molecular flexibility index (Phi) is 1.77. The molecule has 14 heavy (non-hydrogen) atoms. The normalized spacial score (nSPS) is 10.4. The highest BCUT2D eigenvalue weighted by Crippen LogP contribution is 2.05. The van der Waals surface area contributed by atoms with Gasteiger partial charge in [-0.1, -0.05) is 0 Å². The molecule has 0 aliphatic rings. The molecular formula is C7H8N6O. The molecule has 4 N–H and O–H groups in total. The second-order valence-corrected chi connectivity index (χ2v) is 2.63. The van der Waals surface area contributed by atoms with Crippen LogP contribution in [0, 0.1) is 0 Å². The van der Waals surface area contributed by atoms with Crippen LogP contribution in [-0.2, 0) is 0 Å². The van der Waals surface area contributed by atoms with Gasteiger partial charge < -0.3 is 11.1 Å². The van der Waals surface area contributed by atoms with Gasteiger partial charge in [-0.3, -0.25) is 9.78 Å². The monoisotopic (exact) mass is 192 g/mol. The molecule has 2 aromatic heterocycles. The van der Waals surface area contributed by atoms with E-state index in [1.807, 2.05) is 0 Å². The number of fused-ring (bicyclic) bond motifs is 1. The summed E-state index contributed by atoms with van der Waals surface area (Å²) in [5, 5.41) is 2.78. The van der Waals surface area contributed by atoms with E-state index < -0.39 is 5.56 Å². The van der Waals surface area contributed by atoms with Crippen LogP contribution in [-0.4, -0.2) is 27.0 Å². The average Bonchev–Trinajstić information content (AvgIpc) is 2.17. The summed E-state index contributed by atoms with van der Waals surface area (Å²) in [5.41, 5.74) is 5.37. The summed E-state index contributed by atoms with van der Waals surface area (Å²) in [6, 6.07) is 0. The summed E-state index contributed by atoms with van der Waals surface area (Å²) in [6.45, 7) is 0. The molecule has 0 aromatic carbocycles. The minimum atomic E-state index is -0.392. The van der Waals surface area contributed by atoms with Crippen LogP contribution in [0.1, 0.15) is 0 Å². The third kappa shape index (κ3) is 1.24. The molecule has 2 aromatic rings. The van der Waals surface area contributed by atoms with Crippen LogP contribution >= 0.6 is 0 Å². The van der Waals surface area contributed by atoms with E-state index in [4.69, 9.17) is 5.73 Å². The molecule has 7 heteroatoms. The Morgan fingerprint density at radius 2 is 2.29 bits per heavy atom. The maximum Gasteiger partial charge on any atom is 0.280 e. The Morgan fingerprint density at radius 1 is 1.50 bits per heavy atom. The van der Waals surface area contributed by atoms with Crippen molar-refractivity contribution in [2.24, 2.45) is 0 Å². The van der Waals surface area contributed by atoms with Crippen LogP contribution in [0.25, 0.3) is 11.2 Å². The lowest BCUT2D eigenvalue weighted by Crippen LogP contribution is -2.14. The van der Waals surface area contributed by atoms with Crippen LogP contribution in [0.4, 0.5) is 11.8 Å². The molecule has 0 bridgehead atoms. The van der Waals surface area contributed by atoms with Gasteiger partial charge in [-0.25, -0.2) is 9.97 Å². The summed E-state index contributed by atoms with van der Waals surface area (Å²) in [5.74, 6) is 0.545. The topological polar surface area (TPSA) is 110 Å². The van der Waals surface area contributed by atoms with Crippen LogP contribution in [0.2, 0.25) is 0 Å². The van der Waals surface area contributed by atoms with E-state index in [0.29, 0.717) is 5.82 Å². The molecule has 0 radical (unpaired) electrons. The number of aromatic nitrogens is 4. The fourth-order valence-electron chi connectivity index (χ4n) is 1.05. The van der Waals surface area contributed by atoms with E-state index in [1.54, 1.807) is 7.05 Å². The molecule has 2 rings (SSSR count). The Labute approximate surface area is 78.4 Å². The predicted octanol–water partition coefficient (Wildman–Crippen LogP) is -0.663. The largest absolute Gasteiger partial charge is 0.372 e. The van der Waals surface area contributed by atoms with Gasteiger partial charge in [-0.2, -0.15) is 4.98 Å². The second-order valence-electron chi connectivity index (χ2n) is 2.63. The maximum absolute atomic E-state index is 11.4. The van der Waals surface area contributed by atoms with Gasteiger partial charge in [0.1, 0.15) is 5.82 Å². The summed E-state index contributed by atoms with van der Waals surface area (Å²) in [6.07, 6.45) is 1.48. The minimum absolute atomic E-state index is 0.0361. The Balaban J connectivity index is 2.82. The number of nitrogens with one attached hydrogen (secondary N) is 2. The van der Waals surface area contributed by atoms with Crippen LogP contribution in [0.3, 0.4) is 0 Å². The number of rotatable bonds is 1. The first kappa shape index (κ1) is 8.42. The molecule has 0 saturated heterocycles. The number of aromatic amines is 1. The van der Waals surface area contributed by atoms with E-state index >= 15 is 0 Å². The molecule has 7 nitrogen and oxygen atoms in total. The van der Waals surface area contributed by atoms with Gasteiger partial charge in [0.2, 0.25) is 5.95 Å². The van der Waals surface area contributed by atoms with Crippen molar-refractivity contribution in [1.82, 2.24) is 19.9 Å². The van der Waals surface area contributed by atoms with Crippen molar-refractivity contribution in [1.29, 1.82) is 0 Å². The third-order valence-electron chi connectivity index (χ3n) is 1.69. The standard InChI is InChI=1S/C7H8N6O/c1-9-3-2-10-5-4(11-3)6(14)13-7(8)12-5/h2H,1H3,(H,9,11)(H3,8,10,12,13,14). The van der Waals surface area contributed by atoms with E-state index in [-0.39, 0.29) is 17.1 Å². The highest BCUT2D eigenvalue weighted by molar-refractivity contribution is 5.70. The Hall–Kier alpha value is -2.18. The Morgan fingerprint density at radius 3 is 3.00 bits per heavy atom. The van der Waals surface area contributed by atoms with Crippen molar-refractivity contribution in [3.63, 3.8) is 0 Å². The first-order valence-electron chi connectivity index (χ1n) is 3.91. The smallest absolute Gasteiger partial charge is 0.280 e. The van der Waals surface area contributed by atoms with Crippen LogP contribution in [0.5, 0.6) is 0 Å². The lowest BCUT2D eigenvalue weighted by atomic mass is 10.5. The zero-order valence-corrected chi connectivity index (χ0v) is 7.40. The second kappa shape index (κ2) is 2.95. The van der Waals surface area contributed by atoms with Gasteiger partial charge in [0.25, 0.3) is 5.56 Å². The van der Waals surface area contributed by atoms with Gasteiger partial charge in [0, 0.05) is 7.05 Å². The molecule has 0 spiro atoms. The van der Waals surface area contributed by atoms with Crippen molar-refractivity contribution in [3.8, 4) is 0 Å². The third-order valence-corrected chi connectivity index (χ3v) is 1.69. The van der Waals surface area contributed by atoms with Crippen molar-refractivity contribution >= 4 is 22.9 Å². The van der Waals surface area contributed by atoms with Gasteiger partial charge in [-0.05, 0) is 0 Å². The molecule has 0 aliphatic heterocycles. The fourth-order valence-corrected chi connectivity index (χ4v) is 1.05. The SMILES string of the molecule is CNc1cnc2nc(N)[nH]c(=O)c2n1. The highest BCUT2D eigenvalue weighted by atomic mass is 16.1. The van der Waals surface area contributed by atoms with Crippen LogP contribution < -0.4 is 16.6 Å². The van der Waals surface area contributed by atoms with Crippen molar-refractivity contribution < 1.29 is 0 Å². The zero-order valence-electron chi connectivity index (χ0n) is 7.40. The molecule has 0 atom stereocenters. The molecule has 0 unspecified atom stereocenters. The van der Waals surface area contributed by atoms with Crippen molar-refractivity contribution in [2.75, 3.05) is 18.1 Å². The number of nitrogens with zero attached hydrogens (tertiary/aromatic N) is 3. The van der Waals surface area contributed by atoms with Crippen molar-refractivity contribution in [2.45, 2.75) is 0 Å². The summed E-state index contributed by atoms with van der Waals surface area (Å²) >= 11 is 0. The number of hydrogen-bond donors (Lipinski definition) is 3. The van der Waals surface area contributed by atoms with Gasteiger partial charge in [0.05, 0.1) is 6.20 Å². The van der Waals surface area contributed by atoms with E-state index in [1.165, 1.54) is 6.20 Å². The molecule has 0 fully saturated rings. The highest BCUT2D eigenvalue weighted by Gasteiger charge is 2.04. The van der Waals surface area contributed by atoms with Crippen LogP contribution in [0.15, 0.2) is 11.0 Å². The van der Waals surface area contributed by atoms with E-state index in [0.717, 1.165) is 0 Å². The number of H-pyrrole nitrogens is 1. The first-order valence-corrected chi connectivity index (χ1v) is 3.91. The lowest BCUT2D eigenvalue weighted by molar-refractivity contribution is 1.12. The predicted molar refractivity (Wildman–Crippen MR) is 51.9 cm³/mol. The van der Waals surface area contributed by atoms with Crippen molar-refractivity contribution in [3.05, 3.63) is 16.6 Å². The number of nitrogen functional groups attached to an aromatic ring is 1. The van der Waals surface area contributed by atoms with Gasteiger partial charge in [0.15, 0.2) is 11.2 Å². The maximum atomic E-state index is 11.4. The summed E-state index contributed by atoms with van der Waals surface area (Å²) < 4.78 is 0. The minimum Gasteiger partial charge on any atom is -0.372 e. The number of nitrogens with two attached hydrogens (primary N) is 1. The molecule has 0 amide bonds. The fraction of sp³-hybridized carbons (Fsp3) is 0.143. The van der Waals surface area contributed by atoms with E-state index in [9.17, 15) is 4.79 Å².